The minimum absolute atomic E-state index is 0.155. The van der Waals surface area contributed by atoms with E-state index in [-0.39, 0.29) is 11.0 Å². The van der Waals surface area contributed by atoms with Crippen molar-refractivity contribution in [3.8, 4) is 11.7 Å². The Morgan fingerprint density at radius 3 is 2.44 bits per heavy atom. The molecule has 2 aromatic heterocycles. The lowest BCUT2D eigenvalue weighted by Gasteiger charge is -2.31. The summed E-state index contributed by atoms with van der Waals surface area (Å²) in [6.07, 6.45) is 3.71. The van der Waals surface area contributed by atoms with Crippen LogP contribution in [-0.4, -0.2) is 65.1 Å². The van der Waals surface area contributed by atoms with Gasteiger partial charge < -0.3 is 9.47 Å². The van der Waals surface area contributed by atoms with Crippen molar-refractivity contribution in [2.45, 2.75) is 23.8 Å². The summed E-state index contributed by atoms with van der Waals surface area (Å²) in [4.78, 5) is 11.4. The van der Waals surface area contributed by atoms with Gasteiger partial charge in [-0.15, -0.1) is 10.2 Å². The van der Waals surface area contributed by atoms with E-state index in [1.165, 1.54) is 35.7 Å². The third-order valence-corrected chi connectivity index (χ3v) is 6.89. The first-order chi connectivity index (χ1) is 15.5. The van der Waals surface area contributed by atoms with Crippen molar-refractivity contribution in [3.05, 3.63) is 54.9 Å². The van der Waals surface area contributed by atoms with Crippen LogP contribution in [0.4, 0.5) is 10.5 Å². The number of piperidine rings is 1. The van der Waals surface area contributed by atoms with Crippen molar-refractivity contribution in [1.29, 1.82) is 0 Å². The Labute approximate surface area is 185 Å². The standard InChI is InChI=1S/C20H22N6O5S/c1-30-20(27)22-15-3-5-17(6-4-15)32(28,29)25-13-9-16(10-14-25)31-19-8-7-18(23-24-19)26-12-2-11-21-26/h2-8,11-12,16H,9-10,13-14H2,1H3,(H,22,27). The average molecular weight is 459 g/mol. The fourth-order valence-electron chi connectivity index (χ4n) is 3.29. The highest BCUT2D eigenvalue weighted by molar-refractivity contribution is 7.89. The first-order valence-electron chi connectivity index (χ1n) is 9.91. The summed E-state index contributed by atoms with van der Waals surface area (Å²) in [6, 6.07) is 11.2. The monoisotopic (exact) mass is 458 g/mol. The number of rotatable bonds is 6. The van der Waals surface area contributed by atoms with E-state index in [2.05, 4.69) is 25.3 Å². The molecule has 1 aliphatic heterocycles. The van der Waals surface area contributed by atoms with Crippen LogP contribution < -0.4 is 10.1 Å². The smallest absolute Gasteiger partial charge is 0.411 e. The molecule has 1 N–H and O–H groups in total. The third kappa shape index (κ3) is 4.86. The first kappa shape index (κ1) is 21.7. The van der Waals surface area contributed by atoms with Crippen molar-refractivity contribution in [1.82, 2.24) is 24.3 Å². The summed E-state index contributed by atoms with van der Waals surface area (Å²) in [5.41, 5.74) is 0.447. The predicted molar refractivity (Wildman–Crippen MR) is 114 cm³/mol. The van der Waals surface area contributed by atoms with Crippen LogP contribution in [0.25, 0.3) is 5.82 Å². The van der Waals surface area contributed by atoms with Crippen molar-refractivity contribution >= 4 is 21.8 Å². The van der Waals surface area contributed by atoms with E-state index >= 15 is 0 Å². The summed E-state index contributed by atoms with van der Waals surface area (Å²) < 4.78 is 39.3. The van der Waals surface area contributed by atoms with Crippen LogP contribution in [0.5, 0.6) is 5.88 Å². The van der Waals surface area contributed by atoms with Gasteiger partial charge in [0.2, 0.25) is 15.9 Å². The van der Waals surface area contributed by atoms with Gasteiger partial charge in [-0.2, -0.15) is 9.40 Å². The van der Waals surface area contributed by atoms with Crippen LogP contribution in [-0.2, 0) is 14.8 Å². The zero-order valence-electron chi connectivity index (χ0n) is 17.3. The summed E-state index contributed by atoms with van der Waals surface area (Å²) >= 11 is 0. The summed E-state index contributed by atoms with van der Waals surface area (Å²) in [6.45, 7) is 0.655. The van der Waals surface area contributed by atoms with E-state index in [0.29, 0.717) is 43.3 Å². The van der Waals surface area contributed by atoms with Gasteiger partial charge in [-0.05, 0) is 49.2 Å². The van der Waals surface area contributed by atoms with E-state index in [9.17, 15) is 13.2 Å². The molecule has 11 nitrogen and oxygen atoms in total. The zero-order chi connectivity index (χ0) is 22.6. The maximum absolute atomic E-state index is 12.9. The third-order valence-electron chi connectivity index (χ3n) is 4.98. The Kier molecular flexibility index (Phi) is 6.32. The van der Waals surface area contributed by atoms with Gasteiger partial charge in [0.1, 0.15) is 6.10 Å². The molecule has 1 aliphatic rings. The van der Waals surface area contributed by atoms with Gasteiger partial charge in [0.25, 0.3) is 0 Å². The molecule has 0 saturated carbocycles. The zero-order valence-corrected chi connectivity index (χ0v) is 18.1. The molecule has 0 radical (unpaired) electrons. The number of carbonyl (C=O) groups excluding carboxylic acids is 1. The second-order valence-electron chi connectivity index (χ2n) is 7.04. The number of sulfonamides is 1. The first-order valence-corrected chi connectivity index (χ1v) is 11.4. The van der Waals surface area contributed by atoms with Crippen LogP contribution in [0.3, 0.4) is 0 Å². The Balaban J connectivity index is 1.33. The maximum atomic E-state index is 12.9. The molecule has 0 bridgehead atoms. The Morgan fingerprint density at radius 1 is 1.09 bits per heavy atom. The molecule has 0 aliphatic carbocycles. The Bertz CT molecular complexity index is 1140. The SMILES string of the molecule is COC(=O)Nc1ccc(S(=O)(=O)N2CCC(Oc3ccc(-n4cccn4)nn3)CC2)cc1. The highest BCUT2D eigenvalue weighted by Gasteiger charge is 2.30. The number of anilines is 1. The van der Waals surface area contributed by atoms with E-state index < -0.39 is 16.1 Å². The lowest BCUT2D eigenvalue weighted by Crippen LogP contribution is -2.41. The van der Waals surface area contributed by atoms with Gasteiger partial charge in [0.15, 0.2) is 5.82 Å². The van der Waals surface area contributed by atoms with Gasteiger partial charge in [-0.3, -0.25) is 5.32 Å². The number of aromatic nitrogens is 4. The van der Waals surface area contributed by atoms with E-state index in [1.807, 2.05) is 0 Å². The lowest BCUT2D eigenvalue weighted by atomic mass is 10.1. The second kappa shape index (κ2) is 9.32. The van der Waals surface area contributed by atoms with Gasteiger partial charge in [-0.25, -0.2) is 17.9 Å². The molecule has 0 spiro atoms. The summed E-state index contributed by atoms with van der Waals surface area (Å²) in [5, 5.41) is 14.8. The lowest BCUT2D eigenvalue weighted by molar-refractivity contribution is 0.128. The average Bonchev–Trinajstić information content (AvgIpc) is 3.35. The number of ether oxygens (including phenoxy) is 2. The normalized spacial score (nSPS) is 15.3. The second-order valence-corrected chi connectivity index (χ2v) is 8.98. The van der Waals surface area contributed by atoms with E-state index in [1.54, 1.807) is 35.3 Å². The number of carbonyl (C=O) groups is 1. The minimum atomic E-state index is -3.64. The number of hydrogen-bond donors (Lipinski definition) is 1. The van der Waals surface area contributed by atoms with E-state index in [0.717, 1.165) is 0 Å². The molecule has 4 rings (SSSR count). The molecule has 0 unspecified atom stereocenters. The number of methoxy groups -OCH3 is 1. The molecule has 1 fully saturated rings. The molecule has 1 aromatic carbocycles. The molecular weight excluding hydrogens is 436 g/mol. The topological polar surface area (TPSA) is 129 Å². The summed E-state index contributed by atoms with van der Waals surface area (Å²) in [7, 11) is -2.39. The molecule has 1 saturated heterocycles. The molecular formula is C20H22N6O5S. The van der Waals surface area contributed by atoms with Gasteiger partial charge in [-0.1, -0.05) is 0 Å². The summed E-state index contributed by atoms with van der Waals surface area (Å²) in [5.74, 6) is 0.965. The van der Waals surface area contributed by atoms with Crippen molar-refractivity contribution in [3.63, 3.8) is 0 Å². The molecule has 3 heterocycles. The number of nitrogens with one attached hydrogen (secondary N) is 1. The number of hydrogen-bond acceptors (Lipinski definition) is 8. The number of nitrogens with zero attached hydrogens (tertiary/aromatic N) is 5. The van der Waals surface area contributed by atoms with Crippen LogP contribution in [0.1, 0.15) is 12.8 Å². The fraction of sp³-hybridized carbons (Fsp3) is 0.300. The Morgan fingerprint density at radius 2 is 1.84 bits per heavy atom. The largest absolute Gasteiger partial charge is 0.473 e. The van der Waals surface area contributed by atoms with Crippen molar-refractivity contribution in [2.24, 2.45) is 0 Å². The van der Waals surface area contributed by atoms with Crippen LogP contribution in [0, 0.1) is 0 Å². The van der Waals surface area contributed by atoms with Gasteiger partial charge >= 0.3 is 6.09 Å². The fourth-order valence-corrected chi connectivity index (χ4v) is 4.76. The van der Waals surface area contributed by atoms with Gasteiger partial charge in [0.05, 0.1) is 12.0 Å². The molecule has 168 valence electrons. The van der Waals surface area contributed by atoms with Crippen LogP contribution >= 0.6 is 0 Å². The maximum Gasteiger partial charge on any atom is 0.411 e. The quantitative estimate of drug-likeness (QED) is 0.594. The van der Waals surface area contributed by atoms with Crippen LogP contribution in [0.2, 0.25) is 0 Å². The molecule has 32 heavy (non-hydrogen) atoms. The van der Waals surface area contributed by atoms with Crippen molar-refractivity contribution < 1.29 is 22.7 Å². The van der Waals surface area contributed by atoms with Gasteiger partial charge in [0, 0.05) is 37.2 Å². The molecule has 0 atom stereocenters. The predicted octanol–water partition coefficient (Wildman–Crippen LogP) is 2.07. The molecule has 3 aromatic rings. The van der Waals surface area contributed by atoms with Crippen molar-refractivity contribution in [2.75, 3.05) is 25.5 Å². The van der Waals surface area contributed by atoms with Crippen LogP contribution in [0.15, 0.2) is 59.8 Å². The number of benzene rings is 1. The molecule has 12 heteroatoms. The minimum Gasteiger partial charge on any atom is -0.473 e. The Hall–Kier alpha value is -3.51. The highest BCUT2D eigenvalue weighted by atomic mass is 32.2. The number of amides is 1. The highest BCUT2D eigenvalue weighted by Crippen LogP contribution is 2.24. The van der Waals surface area contributed by atoms with E-state index in [4.69, 9.17) is 4.74 Å². The molecule has 1 amide bonds.